The number of rotatable bonds is 9. The lowest BCUT2D eigenvalue weighted by atomic mass is 10.1. The summed E-state index contributed by atoms with van der Waals surface area (Å²) in [5.74, 6) is 7.09. The first-order valence-electron chi connectivity index (χ1n) is 6.61. The SMILES string of the molecule is CCC/C=C\C#CCCCCCCCCCl. The van der Waals surface area contributed by atoms with E-state index in [0.29, 0.717) is 0 Å². The third-order valence-electron chi connectivity index (χ3n) is 2.44. The van der Waals surface area contributed by atoms with Crippen molar-refractivity contribution in [2.24, 2.45) is 0 Å². The molecule has 16 heavy (non-hydrogen) atoms. The summed E-state index contributed by atoms with van der Waals surface area (Å²) in [6.07, 6.45) is 15.2. The van der Waals surface area contributed by atoms with Crippen molar-refractivity contribution in [1.82, 2.24) is 0 Å². The van der Waals surface area contributed by atoms with E-state index in [4.69, 9.17) is 11.6 Å². The lowest BCUT2D eigenvalue weighted by molar-refractivity contribution is 0.615. The third kappa shape index (κ3) is 13.6. The summed E-state index contributed by atoms with van der Waals surface area (Å²) in [6.45, 7) is 2.18. The van der Waals surface area contributed by atoms with Crippen LogP contribution in [0.5, 0.6) is 0 Å². The maximum absolute atomic E-state index is 5.61. The Hall–Kier alpha value is -0.410. The minimum atomic E-state index is 0.815. The van der Waals surface area contributed by atoms with Crippen molar-refractivity contribution in [3.05, 3.63) is 12.2 Å². The second-order valence-corrected chi connectivity index (χ2v) is 4.45. The molecule has 92 valence electrons. The maximum Gasteiger partial charge on any atom is 0.0223 e. The van der Waals surface area contributed by atoms with Crippen LogP contribution in [-0.2, 0) is 0 Å². The fourth-order valence-corrected chi connectivity index (χ4v) is 1.64. The molecule has 0 spiro atoms. The van der Waals surface area contributed by atoms with Crippen LogP contribution in [0.15, 0.2) is 12.2 Å². The van der Waals surface area contributed by atoms with Crippen molar-refractivity contribution in [2.45, 2.75) is 64.7 Å². The molecule has 0 heterocycles. The van der Waals surface area contributed by atoms with Crippen molar-refractivity contribution < 1.29 is 0 Å². The topological polar surface area (TPSA) is 0 Å². The zero-order valence-corrected chi connectivity index (χ0v) is 11.4. The fraction of sp³-hybridized carbons (Fsp3) is 0.733. The van der Waals surface area contributed by atoms with Gasteiger partial charge in [0.15, 0.2) is 0 Å². The normalized spacial score (nSPS) is 10.4. The van der Waals surface area contributed by atoms with E-state index < -0.39 is 0 Å². The maximum atomic E-state index is 5.61. The Balaban J connectivity index is 3.13. The first-order chi connectivity index (χ1) is 7.91. The number of hydrogen-bond donors (Lipinski definition) is 0. The fourth-order valence-electron chi connectivity index (χ4n) is 1.46. The molecule has 0 saturated carbocycles. The van der Waals surface area contributed by atoms with Crippen LogP contribution in [0.3, 0.4) is 0 Å². The van der Waals surface area contributed by atoms with Gasteiger partial charge in [-0.05, 0) is 25.3 Å². The second kappa shape index (κ2) is 14.6. The largest absolute Gasteiger partial charge is 0.127 e. The molecule has 0 rings (SSSR count). The molecule has 0 bridgehead atoms. The van der Waals surface area contributed by atoms with Gasteiger partial charge in [-0.3, -0.25) is 0 Å². The van der Waals surface area contributed by atoms with Crippen molar-refractivity contribution in [3.8, 4) is 11.8 Å². The van der Waals surface area contributed by atoms with E-state index in [1.807, 2.05) is 6.08 Å². The van der Waals surface area contributed by atoms with Crippen LogP contribution in [0.1, 0.15) is 64.7 Å². The Morgan fingerprint density at radius 2 is 1.69 bits per heavy atom. The van der Waals surface area contributed by atoms with E-state index in [0.717, 1.165) is 18.7 Å². The van der Waals surface area contributed by atoms with Crippen LogP contribution in [0.4, 0.5) is 0 Å². The molecule has 0 aliphatic rings. The van der Waals surface area contributed by atoms with Gasteiger partial charge in [-0.15, -0.1) is 11.6 Å². The van der Waals surface area contributed by atoms with Crippen LogP contribution in [0, 0.1) is 11.8 Å². The zero-order chi connectivity index (χ0) is 11.9. The van der Waals surface area contributed by atoms with Gasteiger partial charge in [0.1, 0.15) is 0 Å². The van der Waals surface area contributed by atoms with Gasteiger partial charge < -0.3 is 0 Å². The Bertz CT molecular complexity index is 207. The number of unbranched alkanes of at least 4 members (excludes halogenated alkanes) is 7. The van der Waals surface area contributed by atoms with E-state index in [1.165, 1.54) is 44.9 Å². The molecule has 0 aliphatic heterocycles. The molecule has 0 radical (unpaired) electrons. The highest BCUT2D eigenvalue weighted by Crippen LogP contribution is 2.07. The Morgan fingerprint density at radius 3 is 2.38 bits per heavy atom. The highest BCUT2D eigenvalue weighted by atomic mass is 35.5. The molecule has 0 unspecified atom stereocenters. The van der Waals surface area contributed by atoms with Crippen LogP contribution >= 0.6 is 11.6 Å². The average molecular weight is 241 g/mol. The summed E-state index contributed by atoms with van der Waals surface area (Å²) in [4.78, 5) is 0. The van der Waals surface area contributed by atoms with Crippen LogP contribution in [-0.4, -0.2) is 5.88 Å². The summed E-state index contributed by atoms with van der Waals surface area (Å²) >= 11 is 5.61. The van der Waals surface area contributed by atoms with Crippen LogP contribution in [0.25, 0.3) is 0 Å². The zero-order valence-electron chi connectivity index (χ0n) is 10.6. The minimum absolute atomic E-state index is 0.815. The summed E-state index contributed by atoms with van der Waals surface area (Å²) < 4.78 is 0. The molecule has 0 aliphatic carbocycles. The number of alkyl halides is 1. The molecule has 0 aromatic carbocycles. The first-order valence-corrected chi connectivity index (χ1v) is 7.14. The lowest BCUT2D eigenvalue weighted by Gasteiger charge is -1.97. The molecule has 0 saturated heterocycles. The van der Waals surface area contributed by atoms with E-state index in [-0.39, 0.29) is 0 Å². The highest BCUT2D eigenvalue weighted by molar-refractivity contribution is 6.17. The molecular formula is C15H25Cl. The van der Waals surface area contributed by atoms with E-state index >= 15 is 0 Å². The van der Waals surface area contributed by atoms with Crippen molar-refractivity contribution >= 4 is 11.6 Å². The van der Waals surface area contributed by atoms with E-state index in [1.54, 1.807) is 0 Å². The molecule has 0 amide bonds. The number of halogens is 1. The van der Waals surface area contributed by atoms with Gasteiger partial charge in [0.2, 0.25) is 0 Å². The second-order valence-electron chi connectivity index (χ2n) is 4.07. The highest BCUT2D eigenvalue weighted by Gasteiger charge is 1.89. The minimum Gasteiger partial charge on any atom is -0.127 e. The van der Waals surface area contributed by atoms with Gasteiger partial charge >= 0.3 is 0 Å². The van der Waals surface area contributed by atoms with Gasteiger partial charge in [0.05, 0.1) is 0 Å². The Morgan fingerprint density at radius 1 is 1.00 bits per heavy atom. The van der Waals surface area contributed by atoms with E-state index in [9.17, 15) is 0 Å². The molecular weight excluding hydrogens is 216 g/mol. The predicted octanol–water partition coefficient (Wildman–Crippen LogP) is 5.32. The van der Waals surface area contributed by atoms with Gasteiger partial charge in [0.25, 0.3) is 0 Å². The molecule has 0 N–H and O–H groups in total. The van der Waals surface area contributed by atoms with Gasteiger partial charge in [-0.25, -0.2) is 0 Å². The summed E-state index contributed by atoms with van der Waals surface area (Å²) in [7, 11) is 0. The summed E-state index contributed by atoms with van der Waals surface area (Å²) in [6, 6.07) is 0. The molecule has 0 aromatic rings. The summed E-state index contributed by atoms with van der Waals surface area (Å²) in [5.41, 5.74) is 0. The molecule has 0 nitrogen and oxygen atoms in total. The third-order valence-corrected chi connectivity index (χ3v) is 2.71. The van der Waals surface area contributed by atoms with Crippen LogP contribution < -0.4 is 0 Å². The molecule has 0 atom stereocenters. The van der Waals surface area contributed by atoms with Crippen molar-refractivity contribution in [1.29, 1.82) is 0 Å². The number of allylic oxidation sites excluding steroid dienone is 2. The smallest absolute Gasteiger partial charge is 0.0223 e. The molecule has 1 heteroatoms. The van der Waals surface area contributed by atoms with Crippen LogP contribution in [0.2, 0.25) is 0 Å². The first kappa shape index (κ1) is 15.6. The van der Waals surface area contributed by atoms with Gasteiger partial charge in [-0.2, -0.15) is 0 Å². The summed E-state index contributed by atoms with van der Waals surface area (Å²) in [5, 5.41) is 0. The van der Waals surface area contributed by atoms with Gasteiger partial charge in [-0.1, -0.05) is 56.9 Å². The van der Waals surface area contributed by atoms with Crippen molar-refractivity contribution in [2.75, 3.05) is 5.88 Å². The Kier molecular flexibility index (Phi) is 14.2. The average Bonchev–Trinajstić information content (AvgIpc) is 2.31. The molecule has 0 aromatic heterocycles. The predicted molar refractivity (Wildman–Crippen MR) is 74.9 cm³/mol. The Labute approximate surface area is 106 Å². The van der Waals surface area contributed by atoms with E-state index in [2.05, 4.69) is 24.8 Å². The monoisotopic (exact) mass is 240 g/mol. The lowest BCUT2D eigenvalue weighted by Crippen LogP contribution is -1.80. The molecule has 0 fully saturated rings. The van der Waals surface area contributed by atoms with Gasteiger partial charge in [0, 0.05) is 12.3 Å². The number of hydrogen-bond acceptors (Lipinski definition) is 0. The quantitative estimate of drug-likeness (QED) is 0.291. The van der Waals surface area contributed by atoms with Crippen molar-refractivity contribution in [3.63, 3.8) is 0 Å². The standard InChI is InChI=1S/C15H25Cl/c1-2-3-4-5-6-7-8-9-10-11-12-13-14-15-16/h4-5H,2-3,8-15H2,1H3/b5-4-.